The number of piperidine rings is 1. The third kappa shape index (κ3) is 3.81. The average molecular weight is 525 g/mol. The average Bonchev–Trinajstić information content (AvgIpc) is 3.04. The number of rotatable bonds is 4. The van der Waals surface area contributed by atoms with E-state index in [0.29, 0.717) is 40.2 Å². The molecule has 1 aliphatic heterocycles. The van der Waals surface area contributed by atoms with Crippen molar-refractivity contribution in [2.24, 2.45) is 14.1 Å². The Morgan fingerprint density at radius 3 is 2.62 bits per heavy atom. The fraction of sp³-hybridized carbons (Fsp3) is 0.381. The first kappa shape index (κ1) is 22.5. The maximum absolute atomic E-state index is 13.2. The molecule has 0 saturated carbocycles. The number of benzene rings is 1. The van der Waals surface area contributed by atoms with E-state index in [1.54, 1.807) is 13.1 Å². The summed E-state index contributed by atoms with van der Waals surface area (Å²) in [5.41, 5.74) is 0.874. The number of aromatic nitrogens is 3. The molecule has 3 heterocycles. The summed E-state index contributed by atoms with van der Waals surface area (Å²) >= 11 is 10.1. The molecule has 0 bridgehead atoms. The van der Waals surface area contributed by atoms with Gasteiger partial charge in [0.25, 0.3) is 5.56 Å². The molecule has 2 N–H and O–H groups in total. The Bertz CT molecular complexity index is 1330. The van der Waals surface area contributed by atoms with Gasteiger partial charge in [0.15, 0.2) is 0 Å². The first-order valence-corrected chi connectivity index (χ1v) is 11.3. The van der Waals surface area contributed by atoms with Crippen LogP contribution in [0.1, 0.15) is 18.4 Å². The van der Waals surface area contributed by atoms with E-state index in [2.05, 4.69) is 26.1 Å². The fourth-order valence-corrected chi connectivity index (χ4v) is 5.49. The lowest BCUT2D eigenvalue weighted by Gasteiger charge is -2.35. The van der Waals surface area contributed by atoms with Gasteiger partial charge in [0.05, 0.1) is 16.5 Å². The van der Waals surface area contributed by atoms with Crippen LogP contribution in [0.15, 0.2) is 38.3 Å². The molecule has 0 spiro atoms. The molecule has 11 heteroatoms. The van der Waals surface area contributed by atoms with Crippen LogP contribution in [0.25, 0.3) is 11.0 Å². The Labute approximate surface area is 196 Å². The van der Waals surface area contributed by atoms with Crippen molar-refractivity contribution in [1.82, 2.24) is 19.0 Å². The molecule has 3 aromatic rings. The summed E-state index contributed by atoms with van der Waals surface area (Å²) in [5, 5.41) is 12.3. The van der Waals surface area contributed by atoms with Crippen LogP contribution < -0.4 is 21.5 Å². The van der Waals surface area contributed by atoms with Crippen molar-refractivity contribution in [3.05, 3.63) is 60.2 Å². The lowest BCUT2D eigenvalue weighted by Crippen LogP contribution is -2.48. The summed E-state index contributed by atoms with van der Waals surface area (Å²) in [7, 11) is 3.09. The van der Waals surface area contributed by atoms with E-state index in [4.69, 9.17) is 16.7 Å². The van der Waals surface area contributed by atoms with Crippen LogP contribution in [0.5, 0.6) is 0 Å². The van der Waals surface area contributed by atoms with Crippen molar-refractivity contribution in [1.29, 1.82) is 0 Å². The molecular formula is C21H23BrClN5O4. The van der Waals surface area contributed by atoms with Crippen LogP contribution in [0.2, 0.25) is 5.02 Å². The zero-order valence-electron chi connectivity index (χ0n) is 17.6. The largest absolute Gasteiger partial charge is 0.465 e. The first-order valence-electron chi connectivity index (χ1n) is 10.2. The fourth-order valence-electron chi connectivity index (χ4n) is 4.37. The minimum absolute atomic E-state index is 0.244. The zero-order valence-corrected chi connectivity index (χ0v) is 20.0. The van der Waals surface area contributed by atoms with Crippen molar-refractivity contribution >= 4 is 50.5 Å². The monoisotopic (exact) mass is 523 g/mol. The van der Waals surface area contributed by atoms with Gasteiger partial charge < -0.3 is 19.9 Å². The van der Waals surface area contributed by atoms with Gasteiger partial charge in [-0.25, -0.2) is 9.59 Å². The van der Waals surface area contributed by atoms with Gasteiger partial charge in [-0.3, -0.25) is 13.9 Å². The number of hydrogen-bond acceptors (Lipinski definition) is 4. The van der Waals surface area contributed by atoms with Gasteiger partial charge in [0, 0.05) is 38.2 Å². The summed E-state index contributed by atoms with van der Waals surface area (Å²) in [6.45, 7) is 1.44. The van der Waals surface area contributed by atoms with Gasteiger partial charge >= 0.3 is 11.8 Å². The smallest absolute Gasteiger partial charge is 0.404 e. The molecule has 0 radical (unpaired) electrons. The van der Waals surface area contributed by atoms with Crippen molar-refractivity contribution in [3.8, 4) is 0 Å². The highest BCUT2D eigenvalue weighted by Crippen LogP contribution is 2.37. The Morgan fingerprint density at radius 2 is 1.94 bits per heavy atom. The quantitative estimate of drug-likeness (QED) is 0.547. The summed E-state index contributed by atoms with van der Waals surface area (Å²) in [5.74, 6) is 0.718. The van der Waals surface area contributed by atoms with Crippen LogP contribution >= 0.6 is 27.5 Å². The predicted molar refractivity (Wildman–Crippen MR) is 127 cm³/mol. The number of aryl methyl sites for hydroxylation is 1. The summed E-state index contributed by atoms with van der Waals surface area (Å²) in [6, 6.07) is 7.16. The Balaban J connectivity index is 1.96. The van der Waals surface area contributed by atoms with Crippen molar-refractivity contribution < 1.29 is 9.90 Å². The lowest BCUT2D eigenvalue weighted by molar-refractivity contribution is 0.188. The second-order valence-corrected chi connectivity index (χ2v) is 9.15. The van der Waals surface area contributed by atoms with Crippen LogP contribution in [0.3, 0.4) is 0 Å². The molecule has 0 aliphatic carbocycles. The molecule has 9 nitrogen and oxygen atoms in total. The minimum Gasteiger partial charge on any atom is -0.465 e. The standard InChI is InChI=1S/C21H23BrClN5O4/c1-25-16-15(22)18(27-9-5-7-13(11-27)24-20(30)31)28(10-12-6-3-4-8-14(12)23)17(16)19(29)26(2)21(25)32/h3-4,6,8,13,24H,5,7,9-11H2,1-2H3,(H,30,31)/t13-/m1/s1. The second-order valence-electron chi connectivity index (χ2n) is 7.95. The number of anilines is 1. The van der Waals surface area contributed by atoms with Crippen LogP contribution in [0.4, 0.5) is 10.6 Å². The SMILES string of the molecule is Cn1c(=O)c2c(c(Br)c(N3CCC[C@@H](NC(=O)O)C3)n2Cc2ccccc2Cl)n(C)c1=O. The van der Waals surface area contributed by atoms with Gasteiger partial charge in [0.1, 0.15) is 11.3 Å². The van der Waals surface area contributed by atoms with E-state index in [1.807, 2.05) is 22.8 Å². The minimum atomic E-state index is -1.07. The number of hydrogen-bond donors (Lipinski definition) is 2. The number of halogens is 2. The van der Waals surface area contributed by atoms with Crippen LogP contribution in [-0.2, 0) is 20.6 Å². The molecule has 1 saturated heterocycles. The van der Waals surface area contributed by atoms with Gasteiger partial charge in [-0.05, 0) is 40.4 Å². The molecule has 32 heavy (non-hydrogen) atoms. The highest BCUT2D eigenvalue weighted by molar-refractivity contribution is 9.10. The van der Waals surface area contributed by atoms with E-state index in [0.717, 1.165) is 28.8 Å². The summed E-state index contributed by atoms with van der Waals surface area (Å²) < 4.78 is 5.02. The number of nitrogens with zero attached hydrogens (tertiary/aromatic N) is 4. The van der Waals surface area contributed by atoms with Crippen LogP contribution in [0, 0.1) is 0 Å². The van der Waals surface area contributed by atoms with E-state index in [9.17, 15) is 14.4 Å². The molecule has 1 atom stereocenters. The van der Waals surface area contributed by atoms with E-state index in [-0.39, 0.29) is 6.04 Å². The molecule has 1 aromatic carbocycles. The van der Waals surface area contributed by atoms with Crippen molar-refractivity contribution in [3.63, 3.8) is 0 Å². The van der Waals surface area contributed by atoms with Gasteiger partial charge in [-0.2, -0.15) is 0 Å². The molecule has 170 valence electrons. The third-order valence-corrected chi connectivity index (χ3v) is 7.00. The van der Waals surface area contributed by atoms with Gasteiger partial charge in [0.2, 0.25) is 0 Å². The molecule has 1 fully saturated rings. The number of fused-ring (bicyclic) bond motifs is 1. The highest BCUT2D eigenvalue weighted by Gasteiger charge is 2.30. The first-order chi connectivity index (χ1) is 15.2. The number of amides is 1. The van der Waals surface area contributed by atoms with Crippen molar-refractivity contribution in [2.45, 2.75) is 25.4 Å². The van der Waals surface area contributed by atoms with Gasteiger partial charge in [-0.1, -0.05) is 29.8 Å². The summed E-state index contributed by atoms with van der Waals surface area (Å²) in [6.07, 6.45) is 0.441. The molecule has 0 unspecified atom stereocenters. The number of nitrogens with one attached hydrogen (secondary N) is 1. The summed E-state index contributed by atoms with van der Waals surface area (Å²) in [4.78, 5) is 39.1. The maximum atomic E-state index is 13.2. The number of carboxylic acid groups (broad SMARTS) is 1. The normalized spacial score (nSPS) is 16.5. The van der Waals surface area contributed by atoms with E-state index >= 15 is 0 Å². The van der Waals surface area contributed by atoms with Gasteiger partial charge in [-0.15, -0.1) is 0 Å². The lowest BCUT2D eigenvalue weighted by atomic mass is 10.1. The topological polar surface area (TPSA) is 102 Å². The molecular weight excluding hydrogens is 502 g/mol. The number of carbonyl (C=O) groups is 1. The molecule has 1 aliphatic rings. The predicted octanol–water partition coefficient (Wildman–Crippen LogP) is 2.74. The Hall–Kier alpha value is -2.72. The van der Waals surface area contributed by atoms with Crippen LogP contribution in [-0.4, -0.2) is 44.0 Å². The van der Waals surface area contributed by atoms with E-state index < -0.39 is 17.3 Å². The Kier molecular flexibility index (Phi) is 6.09. The molecule has 2 aromatic heterocycles. The van der Waals surface area contributed by atoms with E-state index in [1.165, 1.54) is 11.6 Å². The highest BCUT2D eigenvalue weighted by atomic mass is 79.9. The second kappa shape index (κ2) is 8.67. The zero-order chi connectivity index (χ0) is 23.2. The molecule has 1 amide bonds. The van der Waals surface area contributed by atoms with Crippen molar-refractivity contribution in [2.75, 3.05) is 18.0 Å². The maximum Gasteiger partial charge on any atom is 0.404 e. The third-order valence-electron chi connectivity index (χ3n) is 5.91. The Morgan fingerprint density at radius 1 is 1.22 bits per heavy atom. The molecule has 4 rings (SSSR count).